The van der Waals surface area contributed by atoms with Crippen LogP contribution in [0.5, 0.6) is 11.5 Å². The van der Waals surface area contributed by atoms with Crippen LogP contribution in [0.15, 0.2) is 66.7 Å². The highest BCUT2D eigenvalue weighted by molar-refractivity contribution is 5.91. The molecule has 5 nitrogen and oxygen atoms in total. The first-order chi connectivity index (χ1) is 15.0. The lowest BCUT2D eigenvalue weighted by atomic mass is 10.1. The quantitative estimate of drug-likeness (QED) is 0.423. The molecule has 0 atom stereocenters. The number of methoxy groups -OCH3 is 1. The highest BCUT2D eigenvalue weighted by Crippen LogP contribution is 2.28. The van der Waals surface area contributed by atoms with Gasteiger partial charge in [-0.25, -0.2) is 4.39 Å². The zero-order chi connectivity index (χ0) is 22.1. The van der Waals surface area contributed by atoms with Crippen molar-refractivity contribution in [2.45, 2.75) is 19.9 Å². The van der Waals surface area contributed by atoms with E-state index in [2.05, 4.69) is 10.6 Å². The molecule has 0 heterocycles. The van der Waals surface area contributed by atoms with Gasteiger partial charge in [0, 0.05) is 12.2 Å². The predicted octanol–water partition coefficient (Wildman–Crippen LogP) is 4.91. The van der Waals surface area contributed by atoms with E-state index in [1.165, 1.54) is 12.1 Å². The minimum absolute atomic E-state index is 0. The Hall–Kier alpha value is -3.09. The number of nitrogens with one attached hydrogen (secondary N) is 2. The van der Waals surface area contributed by atoms with Crippen molar-refractivity contribution in [2.75, 3.05) is 25.6 Å². The molecule has 0 saturated heterocycles. The van der Waals surface area contributed by atoms with Crippen LogP contribution in [0.4, 0.5) is 10.1 Å². The minimum Gasteiger partial charge on any atom is -0.493 e. The Morgan fingerprint density at radius 1 is 0.938 bits per heavy atom. The number of aryl methyl sites for hydroxylation is 1. The third-order valence-electron chi connectivity index (χ3n) is 4.75. The molecule has 0 aromatic heterocycles. The summed E-state index contributed by atoms with van der Waals surface area (Å²) < 4.78 is 24.0. The molecule has 32 heavy (non-hydrogen) atoms. The fraction of sp³-hybridized carbons (Fsp3) is 0.240. The van der Waals surface area contributed by atoms with E-state index in [9.17, 15) is 9.18 Å². The second-order valence-electron chi connectivity index (χ2n) is 7.24. The van der Waals surface area contributed by atoms with E-state index in [1.54, 1.807) is 25.3 Å². The molecule has 3 aromatic rings. The molecule has 0 saturated carbocycles. The molecule has 2 N–H and O–H groups in total. The number of carbonyl (C=O) groups is 1. The molecule has 170 valence electrons. The topological polar surface area (TPSA) is 59.6 Å². The monoisotopic (exact) mass is 458 g/mol. The van der Waals surface area contributed by atoms with Crippen LogP contribution in [-0.2, 0) is 17.8 Å². The lowest BCUT2D eigenvalue weighted by molar-refractivity contribution is -0.118. The molecule has 3 rings (SSSR count). The van der Waals surface area contributed by atoms with E-state index in [4.69, 9.17) is 9.47 Å². The Morgan fingerprint density at radius 2 is 1.62 bits per heavy atom. The van der Waals surface area contributed by atoms with Gasteiger partial charge < -0.3 is 20.1 Å². The Balaban J connectivity index is 0.00000363. The van der Waals surface area contributed by atoms with Gasteiger partial charge in [0.05, 0.1) is 7.11 Å². The third-order valence-corrected chi connectivity index (χ3v) is 4.75. The average Bonchev–Trinajstić information content (AvgIpc) is 2.78. The number of rotatable bonds is 10. The molecule has 0 fully saturated rings. The third kappa shape index (κ3) is 7.87. The smallest absolute Gasteiger partial charge is 0.262 e. The summed E-state index contributed by atoms with van der Waals surface area (Å²) in [6, 6.07) is 19.7. The lowest BCUT2D eigenvalue weighted by Crippen LogP contribution is -2.20. The summed E-state index contributed by atoms with van der Waals surface area (Å²) in [5.74, 6) is 0.619. The number of carbonyl (C=O) groups excluding carboxylic acids is 1. The highest BCUT2D eigenvalue weighted by Gasteiger charge is 2.09. The van der Waals surface area contributed by atoms with Crippen molar-refractivity contribution in [3.8, 4) is 11.5 Å². The van der Waals surface area contributed by atoms with Crippen LogP contribution < -0.4 is 20.1 Å². The molecule has 3 aromatic carbocycles. The number of amides is 1. The van der Waals surface area contributed by atoms with Crippen molar-refractivity contribution < 1.29 is 18.7 Å². The Morgan fingerprint density at radius 3 is 2.31 bits per heavy atom. The summed E-state index contributed by atoms with van der Waals surface area (Å²) in [6.07, 6.45) is 0.814. The van der Waals surface area contributed by atoms with Gasteiger partial charge in [-0.15, -0.1) is 12.4 Å². The molecule has 7 heteroatoms. The molecule has 0 unspecified atom stereocenters. The Labute approximate surface area is 194 Å². The van der Waals surface area contributed by atoms with Crippen LogP contribution in [0.2, 0.25) is 0 Å². The van der Waals surface area contributed by atoms with Crippen molar-refractivity contribution in [2.24, 2.45) is 0 Å². The largest absolute Gasteiger partial charge is 0.493 e. The van der Waals surface area contributed by atoms with Gasteiger partial charge in [0.1, 0.15) is 5.82 Å². The number of hydrogen-bond donors (Lipinski definition) is 2. The molecule has 0 bridgehead atoms. The second kappa shape index (κ2) is 12.7. The molecule has 0 spiro atoms. The first-order valence-electron chi connectivity index (χ1n) is 10.1. The zero-order valence-electron chi connectivity index (χ0n) is 18.2. The number of anilines is 1. The SMILES string of the molecule is COc1cc(CNCCc2ccc(F)cc2)ccc1OCC(=O)Nc1ccc(C)cc1.Cl. The normalized spacial score (nSPS) is 10.2. The highest BCUT2D eigenvalue weighted by atomic mass is 35.5. The van der Waals surface area contributed by atoms with Crippen LogP contribution >= 0.6 is 12.4 Å². The summed E-state index contributed by atoms with van der Waals surface area (Å²) in [5.41, 5.74) is 3.98. The van der Waals surface area contributed by atoms with Gasteiger partial charge in [-0.1, -0.05) is 35.9 Å². The first-order valence-corrected chi connectivity index (χ1v) is 10.1. The first kappa shape index (κ1) is 25.2. The number of halogens is 2. The predicted molar refractivity (Wildman–Crippen MR) is 127 cm³/mol. The fourth-order valence-electron chi connectivity index (χ4n) is 3.03. The van der Waals surface area contributed by atoms with Gasteiger partial charge in [-0.2, -0.15) is 0 Å². The molecular formula is C25H28ClFN2O3. The molecule has 1 amide bonds. The van der Waals surface area contributed by atoms with Crippen molar-refractivity contribution in [1.29, 1.82) is 0 Å². The Bertz CT molecular complexity index is 995. The number of hydrogen-bond acceptors (Lipinski definition) is 4. The number of benzene rings is 3. The summed E-state index contributed by atoms with van der Waals surface area (Å²) in [6.45, 7) is 3.31. The molecule has 0 aliphatic carbocycles. The fourth-order valence-corrected chi connectivity index (χ4v) is 3.03. The van der Waals surface area contributed by atoms with Gasteiger partial charge in [0.15, 0.2) is 18.1 Å². The van der Waals surface area contributed by atoms with Gasteiger partial charge in [0.25, 0.3) is 5.91 Å². The molecule has 0 aliphatic heterocycles. The van der Waals surface area contributed by atoms with E-state index in [1.807, 2.05) is 43.3 Å². The van der Waals surface area contributed by atoms with E-state index in [-0.39, 0.29) is 30.7 Å². The van der Waals surface area contributed by atoms with Crippen molar-refractivity contribution in [3.63, 3.8) is 0 Å². The van der Waals surface area contributed by atoms with Crippen molar-refractivity contribution in [1.82, 2.24) is 5.32 Å². The standard InChI is InChI=1S/C25H27FN2O3.ClH/c1-18-3-10-22(11-4-18)28-25(29)17-31-23-12-7-20(15-24(23)30-2)16-27-14-13-19-5-8-21(26)9-6-19;/h3-12,15,27H,13-14,16-17H2,1-2H3,(H,28,29);1H. The van der Waals surface area contributed by atoms with Gasteiger partial charge in [0.2, 0.25) is 0 Å². The van der Waals surface area contributed by atoms with Crippen LogP contribution in [0.25, 0.3) is 0 Å². The average molecular weight is 459 g/mol. The van der Waals surface area contributed by atoms with Crippen LogP contribution in [0.1, 0.15) is 16.7 Å². The van der Waals surface area contributed by atoms with Crippen molar-refractivity contribution >= 4 is 24.0 Å². The summed E-state index contributed by atoms with van der Waals surface area (Å²) in [4.78, 5) is 12.1. The van der Waals surface area contributed by atoms with Crippen LogP contribution in [-0.4, -0.2) is 26.2 Å². The van der Waals surface area contributed by atoms with E-state index in [0.29, 0.717) is 18.0 Å². The van der Waals surface area contributed by atoms with E-state index >= 15 is 0 Å². The maximum absolute atomic E-state index is 13.0. The lowest BCUT2D eigenvalue weighted by Gasteiger charge is -2.13. The van der Waals surface area contributed by atoms with Crippen LogP contribution in [0.3, 0.4) is 0 Å². The maximum atomic E-state index is 13.0. The van der Waals surface area contributed by atoms with E-state index in [0.717, 1.165) is 35.3 Å². The van der Waals surface area contributed by atoms with Gasteiger partial charge >= 0.3 is 0 Å². The van der Waals surface area contributed by atoms with Crippen molar-refractivity contribution in [3.05, 3.63) is 89.2 Å². The van der Waals surface area contributed by atoms with Crippen LogP contribution in [0, 0.1) is 12.7 Å². The van der Waals surface area contributed by atoms with Gasteiger partial charge in [-0.05, 0) is 67.4 Å². The molecule has 0 aliphatic rings. The van der Waals surface area contributed by atoms with Gasteiger partial charge in [-0.3, -0.25) is 4.79 Å². The maximum Gasteiger partial charge on any atom is 0.262 e. The summed E-state index contributed by atoms with van der Waals surface area (Å²) >= 11 is 0. The minimum atomic E-state index is -0.238. The molecular weight excluding hydrogens is 431 g/mol. The summed E-state index contributed by atoms with van der Waals surface area (Å²) in [5, 5.41) is 6.17. The number of ether oxygens (including phenoxy) is 2. The summed E-state index contributed by atoms with van der Waals surface area (Å²) in [7, 11) is 1.57. The van der Waals surface area contributed by atoms with E-state index < -0.39 is 0 Å². The Kier molecular flexibility index (Phi) is 9.98. The molecule has 0 radical (unpaired) electrons. The second-order valence-corrected chi connectivity index (χ2v) is 7.24. The zero-order valence-corrected chi connectivity index (χ0v) is 19.0.